The Morgan fingerprint density at radius 3 is 2.41 bits per heavy atom. The van der Waals surface area contributed by atoms with Crippen LogP contribution in [0.2, 0.25) is 5.02 Å². The van der Waals surface area contributed by atoms with Gasteiger partial charge in [-0.25, -0.2) is 4.68 Å². The first-order valence-electron chi connectivity index (χ1n) is 9.65. The number of hydrogen-bond acceptors (Lipinski definition) is 4. The molecule has 2 heterocycles. The van der Waals surface area contributed by atoms with Crippen LogP contribution in [0.15, 0.2) is 66.9 Å². The molecule has 6 nitrogen and oxygen atoms in total. The molecule has 0 spiro atoms. The Morgan fingerprint density at radius 2 is 1.69 bits per heavy atom. The van der Waals surface area contributed by atoms with E-state index in [0.717, 1.165) is 19.6 Å². The second kappa shape index (κ2) is 9.11. The Labute approximate surface area is 175 Å². The number of carbonyl (C=O) groups excluding carboxylic acids is 1. The summed E-state index contributed by atoms with van der Waals surface area (Å²) in [5, 5.41) is 4.89. The maximum atomic E-state index is 13.0. The predicted octanol–water partition coefficient (Wildman–Crippen LogP) is 3.53. The monoisotopic (exact) mass is 410 g/mol. The molecule has 1 fully saturated rings. The predicted molar refractivity (Wildman–Crippen MR) is 112 cm³/mol. The van der Waals surface area contributed by atoms with Gasteiger partial charge in [-0.05, 0) is 35.9 Å². The van der Waals surface area contributed by atoms with Crippen molar-refractivity contribution in [2.24, 2.45) is 0 Å². The molecule has 1 aromatic heterocycles. The standard InChI is InChI=1S/C22H23ClN4O2/c23-19-6-8-20(9-7-19)29-17-27-21(10-11-24-27)22(28)26-14-12-25(13-15-26)16-18-4-2-1-3-5-18/h1-11H,12-17H2. The molecule has 4 rings (SSSR count). The SMILES string of the molecule is O=C(c1ccnn1COc1ccc(Cl)cc1)N1CCN(Cc2ccccc2)CC1. The molecule has 150 valence electrons. The van der Waals surface area contributed by atoms with Crippen molar-refractivity contribution >= 4 is 17.5 Å². The van der Waals surface area contributed by atoms with E-state index in [-0.39, 0.29) is 12.6 Å². The van der Waals surface area contributed by atoms with Gasteiger partial charge >= 0.3 is 0 Å². The van der Waals surface area contributed by atoms with Gasteiger partial charge in [0.1, 0.15) is 11.4 Å². The lowest BCUT2D eigenvalue weighted by molar-refractivity contribution is 0.0607. The average molecular weight is 411 g/mol. The molecule has 0 saturated carbocycles. The fraction of sp³-hybridized carbons (Fsp3) is 0.273. The van der Waals surface area contributed by atoms with Crippen molar-refractivity contribution in [3.8, 4) is 5.75 Å². The van der Waals surface area contributed by atoms with E-state index in [9.17, 15) is 4.79 Å². The molecule has 0 unspecified atom stereocenters. The topological polar surface area (TPSA) is 50.6 Å². The zero-order valence-corrected chi connectivity index (χ0v) is 16.8. The molecule has 0 bridgehead atoms. The van der Waals surface area contributed by atoms with E-state index in [0.29, 0.717) is 29.6 Å². The summed E-state index contributed by atoms with van der Waals surface area (Å²) in [6.07, 6.45) is 1.63. The van der Waals surface area contributed by atoms with E-state index in [1.807, 2.05) is 11.0 Å². The molecular weight excluding hydrogens is 388 g/mol. The third-order valence-corrected chi connectivity index (χ3v) is 5.26. The molecule has 1 aliphatic rings. The second-order valence-electron chi connectivity index (χ2n) is 7.00. The number of hydrogen-bond donors (Lipinski definition) is 0. The van der Waals surface area contributed by atoms with Crippen LogP contribution in [0, 0.1) is 0 Å². The van der Waals surface area contributed by atoms with Gasteiger partial charge in [0.05, 0.1) is 0 Å². The summed E-state index contributed by atoms with van der Waals surface area (Å²) in [6.45, 7) is 4.20. The number of carbonyl (C=O) groups is 1. The maximum Gasteiger partial charge on any atom is 0.272 e. The molecule has 1 aliphatic heterocycles. The van der Waals surface area contributed by atoms with Gasteiger partial charge in [0, 0.05) is 43.9 Å². The molecule has 1 saturated heterocycles. The quantitative estimate of drug-likeness (QED) is 0.623. The maximum absolute atomic E-state index is 13.0. The average Bonchev–Trinajstić information content (AvgIpc) is 3.23. The number of benzene rings is 2. The molecule has 0 atom stereocenters. The van der Waals surface area contributed by atoms with Crippen molar-refractivity contribution in [2.75, 3.05) is 26.2 Å². The first kappa shape index (κ1) is 19.5. The fourth-order valence-corrected chi connectivity index (χ4v) is 3.52. The minimum atomic E-state index is -0.0124. The van der Waals surface area contributed by atoms with Gasteiger partial charge in [0.15, 0.2) is 6.73 Å². The highest BCUT2D eigenvalue weighted by Crippen LogP contribution is 2.17. The summed E-state index contributed by atoms with van der Waals surface area (Å²) in [5.74, 6) is 0.666. The molecule has 0 aliphatic carbocycles. The van der Waals surface area contributed by atoms with Gasteiger partial charge in [-0.15, -0.1) is 0 Å². The summed E-state index contributed by atoms with van der Waals surface area (Å²) in [4.78, 5) is 17.2. The number of amides is 1. The molecule has 1 amide bonds. The van der Waals surface area contributed by atoms with E-state index < -0.39 is 0 Å². The Hall–Kier alpha value is -2.83. The number of nitrogens with zero attached hydrogens (tertiary/aromatic N) is 4. The zero-order valence-electron chi connectivity index (χ0n) is 16.1. The Morgan fingerprint density at radius 1 is 0.966 bits per heavy atom. The van der Waals surface area contributed by atoms with E-state index in [1.54, 1.807) is 41.2 Å². The van der Waals surface area contributed by atoms with Crippen molar-refractivity contribution in [3.05, 3.63) is 83.1 Å². The van der Waals surface area contributed by atoms with E-state index >= 15 is 0 Å². The zero-order chi connectivity index (χ0) is 20.1. The van der Waals surface area contributed by atoms with Crippen LogP contribution in [0.4, 0.5) is 0 Å². The number of rotatable bonds is 6. The van der Waals surface area contributed by atoms with Crippen LogP contribution in [0.3, 0.4) is 0 Å². The number of halogens is 1. The molecule has 2 aromatic carbocycles. The van der Waals surface area contributed by atoms with Crippen LogP contribution < -0.4 is 4.74 Å². The van der Waals surface area contributed by atoms with Crippen LogP contribution in [0.5, 0.6) is 5.75 Å². The highest BCUT2D eigenvalue weighted by Gasteiger charge is 2.24. The molecule has 0 N–H and O–H groups in total. The van der Waals surface area contributed by atoms with Crippen molar-refractivity contribution in [3.63, 3.8) is 0 Å². The number of piperazine rings is 1. The summed E-state index contributed by atoms with van der Waals surface area (Å²) < 4.78 is 7.32. The normalized spacial score (nSPS) is 14.7. The van der Waals surface area contributed by atoms with E-state index in [2.05, 4.69) is 34.3 Å². The van der Waals surface area contributed by atoms with Crippen LogP contribution >= 0.6 is 11.6 Å². The lowest BCUT2D eigenvalue weighted by atomic mass is 10.2. The van der Waals surface area contributed by atoms with Crippen LogP contribution in [0.25, 0.3) is 0 Å². The Balaban J connectivity index is 1.32. The highest BCUT2D eigenvalue weighted by atomic mass is 35.5. The van der Waals surface area contributed by atoms with Gasteiger partial charge in [-0.2, -0.15) is 5.10 Å². The molecule has 0 radical (unpaired) electrons. The van der Waals surface area contributed by atoms with Crippen molar-refractivity contribution in [1.82, 2.24) is 19.6 Å². The lowest BCUT2D eigenvalue weighted by Crippen LogP contribution is -2.48. The van der Waals surface area contributed by atoms with E-state index in [4.69, 9.17) is 16.3 Å². The molecule has 7 heteroatoms. The largest absolute Gasteiger partial charge is 0.471 e. The Bertz CT molecular complexity index is 935. The summed E-state index contributed by atoms with van der Waals surface area (Å²) in [7, 11) is 0. The van der Waals surface area contributed by atoms with Gasteiger partial charge in [0.25, 0.3) is 5.91 Å². The fourth-order valence-electron chi connectivity index (χ4n) is 3.40. The first-order chi connectivity index (χ1) is 14.2. The van der Waals surface area contributed by atoms with Gasteiger partial charge in [-0.3, -0.25) is 9.69 Å². The van der Waals surface area contributed by atoms with Crippen molar-refractivity contribution < 1.29 is 9.53 Å². The minimum Gasteiger partial charge on any atom is -0.471 e. The van der Waals surface area contributed by atoms with E-state index in [1.165, 1.54) is 5.56 Å². The highest BCUT2D eigenvalue weighted by molar-refractivity contribution is 6.30. The van der Waals surface area contributed by atoms with Crippen LogP contribution in [-0.4, -0.2) is 51.7 Å². The molecule has 3 aromatic rings. The van der Waals surface area contributed by atoms with Gasteiger partial charge < -0.3 is 9.64 Å². The lowest BCUT2D eigenvalue weighted by Gasteiger charge is -2.34. The number of ether oxygens (including phenoxy) is 1. The third kappa shape index (κ3) is 4.96. The summed E-state index contributed by atoms with van der Waals surface area (Å²) in [6, 6.07) is 19.3. The summed E-state index contributed by atoms with van der Waals surface area (Å²) in [5.41, 5.74) is 1.83. The van der Waals surface area contributed by atoms with Crippen molar-refractivity contribution in [2.45, 2.75) is 13.3 Å². The van der Waals surface area contributed by atoms with Gasteiger partial charge in [-0.1, -0.05) is 41.9 Å². The smallest absolute Gasteiger partial charge is 0.272 e. The number of aromatic nitrogens is 2. The van der Waals surface area contributed by atoms with Gasteiger partial charge in [0.2, 0.25) is 0 Å². The van der Waals surface area contributed by atoms with Crippen molar-refractivity contribution in [1.29, 1.82) is 0 Å². The third-order valence-electron chi connectivity index (χ3n) is 5.01. The van der Waals surface area contributed by atoms with Crippen LogP contribution in [0.1, 0.15) is 16.1 Å². The molecule has 29 heavy (non-hydrogen) atoms. The van der Waals surface area contributed by atoms with Crippen LogP contribution in [-0.2, 0) is 13.3 Å². The minimum absolute atomic E-state index is 0.0124. The Kier molecular flexibility index (Phi) is 6.12. The second-order valence-corrected chi connectivity index (χ2v) is 7.43. The molecular formula is C22H23ClN4O2. The summed E-state index contributed by atoms with van der Waals surface area (Å²) >= 11 is 5.89. The first-order valence-corrected chi connectivity index (χ1v) is 10.0.